The van der Waals surface area contributed by atoms with E-state index >= 15 is 0 Å². The van der Waals surface area contributed by atoms with E-state index in [1.165, 1.54) is 0 Å². The third-order valence-corrected chi connectivity index (χ3v) is 3.00. The maximum atomic E-state index is 9.68. The summed E-state index contributed by atoms with van der Waals surface area (Å²) in [7, 11) is 0. The molecule has 0 spiro atoms. The molecular weight excluding hydrogens is 256 g/mol. The van der Waals surface area contributed by atoms with E-state index in [1.54, 1.807) is 0 Å². The van der Waals surface area contributed by atoms with Gasteiger partial charge >= 0.3 is 0 Å². The van der Waals surface area contributed by atoms with Gasteiger partial charge in [0.25, 0.3) is 0 Å². The summed E-state index contributed by atoms with van der Waals surface area (Å²) in [4.78, 5) is 0. The Labute approximate surface area is 112 Å². The second-order valence-electron chi connectivity index (χ2n) is 4.53. The third kappa shape index (κ3) is 4.96. The van der Waals surface area contributed by atoms with Gasteiger partial charge in [0.1, 0.15) is 24.4 Å². The molecule has 19 heavy (non-hydrogen) atoms. The third-order valence-electron chi connectivity index (χ3n) is 3.00. The molecular formula is C12H24O7. The minimum absolute atomic E-state index is 0.201. The summed E-state index contributed by atoms with van der Waals surface area (Å²) in [6.07, 6.45) is -4.12. The van der Waals surface area contributed by atoms with Crippen LogP contribution >= 0.6 is 0 Å². The SMILES string of the molecule is CCCCOCCOC1OC(CO)C(O)C(O)C1O. The molecule has 7 nitrogen and oxygen atoms in total. The number of hydrogen-bond acceptors (Lipinski definition) is 7. The van der Waals surface area contributed by atoms with Crippen molar-refractivity contribution in [3.63, 3.8) is 0 Å². The van der Waals surface area contributed by atoms with Crippen molar-refractivity contribution in [3.05, 3.63) is 0 Å². The van der Waals surface area contributed by atoms with Crippen molar-refractivity contribution >= 4 is 0 Å². The molecule has 1 aliphatic rings. The van der Waals surface area contributed by atoms with Crippen molar-refractivity contribution in [2.75, 3.05) is 26.4 Å². The fourth-order valence-corrected chi connectivity index (χ4v) is 1.78. The van der Waals surface area contributed by atoms with Gasteiger partial charge in [-0.15, -0.1) is 0 Å². The minimum atomic E-state index is -1.41. The molecule has 1 aliphatic heterocycles. The number of rotatable bonds is 8. The Morgan fingerprint density at radius 1 is 1.00 bits per heavy atom. The Balaban J connectivity index is 2.28. The van der Waals surface area contributed by atoms with Gasteiger partial charge in [-0.3, -0.25) is 0 Å². The average molecular weight is 280 g/mol. The summed E-state index contributed by atoms with van der Waals surface area (Å²) < 4.78 is 15.7. The first-order chi connectivity index (χ1) is 9.11. The topological polar surface area (TPSA) is 109 Å². The second kappa shape index (κ2) is 8.80. The van der Waals surface area contributed by atoms with Crippen LogP contribution in [0.25, 0.3) is 0 Å². The van der Waals surface area contributed by atoms with Crippen molar-refractivity contribution in [2.45, 2.75) is 50.5 Å². The summed E-state index contributed by atoms with van der Waals surface area (Å²) in [6.45, 7) is 2.81. The summed E-state index contributed by atoms with van der Waals surface area (Å²) >= 11 is 0. The molecule has 1 rings (SSSR count). The number of ether oxygens (including phenoxy) is 3. The van der Waals surface area contributed by atoms with E-state index in [4.69, 9.17) is 19.3 Å². The lowest BCUT2D eigenvalue weighted by Gasteiger charge is -2.39. The van der Waals surface area contributed by atoms with Gasteiger partial charge in [-0.05, 0) is 6.42 Å². The van der Waals surface area contributed by atoms with Gasteiger partial charge in [0.05, 0.1) is 19.8 Å². The van der Waals surface area contributed by atoms with Gasteiger partial charge in [-0.1, -0.05) is 13.3 Å². The highest BCUT2D eigenvalue weighted by molar-refractivity contribution is 4.88. The molecule has 0 aromatic heterocycles. The Morgan fingerprint density at radius 3 is 2.37 bits per heavy atom. The molecule has 1 fully saturated rings. The van der Waals surface area contributed by atoms with Gasteiger partial charge in [-0.2, -0.15) is 0 Å². The lowest BCUT2D eigenvalue weighted by molar-refractivity contribution is -0.302. The average Bonchev–Trinajstić information content (AvgIpc) is 2.42. The fraction of sp³-hybridized carbons (Fsp3) is 1.00. The van der Waals surface area contributed by atoms with Crippen LogP contribution in [-0.2, 0) is 14.2 Å². The molecule has 0 amide bonds. The largest absolute Gasteiger partial charge is 0.394 e. The summed E-state index contributed by atoms with van der Waals surface area (Å²) in [5, 5.41) is 37.8. The molecule has 114 valence electrons. The predicted octanol–water partition coefficient (Wildman–Crippen LogP) is -1.38. The van der Waals surface area contributed by atoms with Crippen LogP contribution in [0.1, 0.15) is 19.8 Å². The predicted molar refractivity (Wildman–Crippen MR) is 65.4 cm³/mol. The lowest BCUT2D eigenvalue weighted by Crippen LogP contribution is -2.59. The highest BCUT2D eigenvalue weighted by atomic mass is 16.7. The zero-order valence-corrected chi connectivity index (χ0v) is 11.1. The first-order valence-corrected chi connectivity index (χ1v) is 6.61. The van der Waals surface area contributed by atoms with Crippen LogP contribution in [0, 0.1) is 0 Å². The zero-order chi connectivity index (χ0) is 14.3. The van der Waals surface area contributed by atoms with Crippen LogP contribution in [0.5, 0.6) is 0 Å². The monoisotopic (exact) mass is 280 g/mol. The summed E-state index contributed by atoms with van der Waals surface area (Å²) in [5.41, 5.74) is 0. The van der Waals surface area contributed by atoms with Crippen molar-refractivity contribution < 1.29 is 34.6 Å². The van der Waals surface area contributed by atoms with Gasteiger partial charge < -0.3 is 34.6 Å². The van der Waals surface area contributed by atoms with Crippen molar-refractivity contribution in [2.24, 2.45) is 0 Å². The Morgan fingerprint density at radius 2 is 1.74 bits per heavy atom. The first-order valence-electron chi connectivity index (χ1n) is 6.61. The number of aliphatic hydroxyl groups is 4. The molecule has 1 heterocycles. The van der Waals surface area contributed by atoms with Gasteiger partial charge in [0.15, 0.2) is 6.29 Å². The molecule has 0 saturated carbocycles. The zero-order valence-electron chi connectivity index (χ0n) is 11.1. The molecule has 7 heteroatoms. The first kappa shape index (κ1) is 16.8. The van der Waals surface area contributed by atoms with E-state index in [0.717, 1.165) is 12.8 Å². The standard InChI is InChI=1S/C12H24O7/c1-2-3-4-17-5-6-18-12-11(16)10(15)9(14)8(7-13)19-12/h8-16H,2-7H2,1H3. The molecule has 5 atom stereocenters. The van der Waals surface area contributed by atoms with E-state index in [0.29, 0.717) is 13.2 Å². The highest BCUT2D eigenvalue weighted by Crippen LogP contribution is 2.21. The van der Waals surface area contributed by atoms with E-state index in [1.807, 2.05) is 0 Å². The highest BCUT2D eigenvalue weighted by Gasteiger charge is 2.43. The summed E-state index contributed by atoms with van der Waals surface area (Å²) in [6, 6.07) is 0. The smallest absolute Gasteiger partial charge is 0.186 e. The van der Waals surface area contributed by atoms with Crippen LogP contribution in [0.15, 0.2) is 0 Å². The Hall–Kier alpha value is -0.280. The maximum absolute atomic E-state index is 9.68. The minimum Gasteiger partial charge on any atom is -0.394 e. The molecule has 0 aromatic rings. The van der Waals surface area contributed by atoms with Crippen LogP contribution < -0.4 is 0 Å². The van der Waals surface area contributed by atoms with Gasteiger partial charge in [-0.25, -0.2) is 0 Å². The number of unbranched alkanes of at least 4 members (excludes halogenated alkanes) is 1. The van der Waals surface area contributed by atoms with Crippen molar-refractivity contribution in [1.82, 2.24) is 0 Å². The molecule has 0 aromatic carbocycles. The fourth-order valence-electron chi connectivity index (χ4n) is 1.78. The molecule has 0 bridgehead atoms. The molecule has 5 unspecified atom stereocenters. The van der Waals surface area contributed by atoms with E-state index in [9.17, 15) is 15.3 Å². The van der Waals surface area contributed by atoms with Crippen LogP contribution in [-0.4, -0.2) is 77.6 Å². The maximum Gasteiger partial charge on any atom is 0.186 e. The Kier molecular flexibility index (Phi) is 7.77. The quantitative estimate of drug-likeness (QED) is 0.406. The second-order valence-corrected chi connectivity index (χ2v) is 4.53. The molecule has 1 saturated heterocycles. The Bertz CT molecular complexity index is 236. The van der Waals surface area contributed by atoms with E-state index in [-0.39, 0.29) is 6.61 Å². The van der Waals surface area contributed by atoms with Crippen LogP contribution in [0.2, 0.25) is 0 Å². The normalized spacial score (nSPS) is 35.5. The lowest BCUT2D eigenvalue weighted by atomic mass is 9.99. The van der Waals surface area contributed by atoms with Crippen LogP contribution in [0.4, 0.5) is 0 Å². The number of aliphatic hydroxyl groups excluding tert-OH is 4. The van der Waals surface area contributed by atoms with Gasteiger partial charge in [0, 0.05) is 6.61 Å². The van der Waals surface area contributed by atoms with E-state index in [2.05, 4.69) is 6.92 Å². The number of hydrogen-bond donors (Lipinski definition) is 4. The van der Waals surface area contributed by atoms with Crippen molar-refractivity contribution in [1.29, 1.82) is 0 Å². The summed E-state index contributed by atoms with van der Waals surface area (Å²) in [5.74, 6) is 0. The molecule has 0 radical (unpaired) electrons. The molecule has 4 N–H and O–H groups in total. The van der Waals surface area contributed by atoms with E-state index < -0.39 is 37.3 Å². The van der Waals surface area contributed by atoms with Crippen LogP contribution in [0.3, 0.4) is 0 Å². The van der Waals surface area contributed by atoms with Crippen molar-refractivity contribution in [3.8, 4) is 0 Å². The van der Waals surface area contributed by atoms with Gasteiger partial charge in [0.2, 0.25) is 0 Å². The molecule has 0 aliphatic carbocycles.